The van der Waals surface area contributed by atoms with Gasteiger partial charge >= 0.3 is 0 Å². The number of hydrazine groups is 1. The van der Waals surface area contributed by atoms with E-state index < -0.39 is 11.5 Å². The summed E-state index contributed by atoms with van der Waals surface area (Å²) in [7, 11) is 0. The van der Waals surface area contributed by atoms with Crippen LogP contribution in [0.3, 0.4) is 0 Å². The van der Waals surface area contributed by atoms with Gasteiger partial charge in [-0.15, -0.1) is 0 Å². The van der Waals surface area contributed by atoms with Crippen molar-refractivity contribution in [3.8, 4) is 11.1 Å². The average Bonchev–Trinajstić information content (AvgIpc) is 2.47. The Morgan fingerprint density at radius 1 is 1.14 bits per heavy atom. The lowest BCUT2D eigenvalue weighted by atomic mass is 9.91. The van der Waals surface area contributed by atoms with Gasteiger partial charge in [0.1, 0.15) is 5.82 Å². The fourth-order valence-corrected chi connectivity index (χ4v) is 2.13. The zero-order valence-electron chi connectivity index (χ0n) is 11.6. The largest absolute Gasteiger partial charge is 0.385 e. The van der Waals surface area contributed by atoms with Crippen molar-refractivity contribution in [1.29, 1.82) is 0 Å². The van der Waals surface area contributed by atoms with Crippen LogP contribution < -0.4 is 11.3 Å². The molecule has 0 aliphatic carbocycles. The highest BCUT2D eigenvalue weighted by atomic mass is 19.1. The van der Waals surface area contributed by atoms with E-state index in [0.29, 0.717) is 5.56 Å². The van der Waals surface area contributed by atoms with E-state index in [9.17, 15) is 14.3 Å². The molecule has 4 N–H and O–H groups in total. The molecule has 1 amide bonds. The van der Waals surface area contributed by atoms with Crippen LogP contribution in [0, 0.1) is 5.82 Å². The zero-order valence-corrected chi connectivity index (χ0v) is 11.6. The summed E-state index contributed by atoms with van der Waals surface area (Å²) in [5.74, 6) is 4.30. The molecule has 0 spiro atoms. The lowest BCUT2D eigenvalue weighted by molar-refractivity contribution is -0.125. The molecule has 0 fully saturated rings. The number of nitrogens with one attached hydrogen (secondary N) is 1. The molecule has 0 radical (unpaired) electrons. The molecule has 1 atom stereocenters. The van der Waals surface area contributed by atoms with Gasteiger partial charge in [-0.1, -0.05) is 36.4 Å². The fourth-order valence-electron chi connectivity index (χ4n) is 2.13. The number of carbonyl (C=O) groups is 1. The maximum absolute atomic E-state index is 12.9. The van der Waals surface area contributed by atoms with E-state index in [1.54, 1.807) is 31.2 Å². The number of hydrogen-bond acceptors (Lipinski definition) is 3. The van der Waals surface area contributed by atoms with E-state index in [1.807, 2.05) is 17.6 Å². The highest BCUT2D eigenvalue weighted by molar-refractivity contribution is 5.76. The maximum atomic E-state index is 12.9. The predicted octanol–water partition coefficient (Wildman–Crippen LogP) is 2.08. The third kappa shape index (κ3) is 3.65. The van der Waals surface area contributed by atoms with Crippen LogP contribution in [0.25, 0.3) is 11.1 Å². The van der Waals surface area contributed by atoms with Gasteiger partial charge in [-0.05, 0) is 35.7 Å². The molecule has 5 heteroatoms. The van der Waals surface area contributed by atoms with Gasteiger partial charge in [0.05, 0.1) is 12.0 Å². The number of carbonyl (C=O) groups excluding carboxylic acids is 1. The molecule has 0 aliphatic rings. The predicted molar refractivity (Wildman–Crippen MR) is 78.4 cm³/mol. The summed E-state index contributed by atoms with van der Waals surface area (Å²) in [4.78, 5) is 11.3. The lowest BCUT2D eigenvalue weighted by Crippen LogP contribution is -2.36. The van der Waals surface area contributed by atoms with Gasteiger partial charge in [-0.3, -0.25) is 10.2 Å². The molecule has 0 aromatic heterocycles. The van der Waals surface area contributed by atoms with Crippen LogP contribution in [0.1, 0.15) is 18.9 Å². The van der Waals surface area contributed by atoms with Crippen molar-refractivity contribution in [1.82, 2.24) is 5.43 Å². The van der Waals surface area contributed by atoms with Crippen molar-refractivity contribution >= 4 is 5.91 Å². The molecule has 2 aromatic carbocycles. The lowest BCUT2D eigenvalue weighted by Gasteiger charge is -2.23. The number of nitrogens with two attached hydrogens (primary N) is 1. The highest BCUT2D eigenvalue weighted by Gasteiger charge is 2.26. The molecular formula is C16H17FN2O2. The SMILES string of the molecule is CC(O)(CC(=O)NN)c1ccc(-c2ccc(F)cc2)cc1. The number of hydrogen-bond donors (Lipinski definition) is 3. The van der Waals surface area contributed by atoms with Crippen molar-refractivity contribution in [2.75, 3.05) is 0 Å². The van der Waals surface area contributed by atoms with Crippen molar-refractivity contribution in [2.45, 2.75) is 18.9 Å². The van der Waals surface area contributed by atoms with Gasteiger partial charge in [0.2, 0.25) is 5.91 Å². The molecule has 110 valence electrons. The van der Waals surface area contributed by atoms with E-state index in [1.165, 1.54) is 12.1 Å². The third-order valence-electron chi connectivity index (χ3n) is 3.35. The Balaban J connectivity index is 2.22. The summed E-state index contributed by atoms with van der Waals surface area (Å²) in [6, 6.07) is 13.3. The molecule has 2 aromatic rings. The minimum absolute atomic E-state index is 0.126. The topological polar surface area (TPSA) is 75.3 Å². The first kappa shape index (κ1) is 15.2. The van der Waals surface area contributed by atoms with Crippen molar-refractivity contribution in [3.63, 3.8) is 0 Å². The van der Waals surface area contributed by atoms with Crippen LogP contribution in [0.4, 0.5) is 4.39 Å². The molecule has 0 aliphatic heterocycles. The Morgan fingerprint density at radius 2 is 1.62 bits per heavy atom. The molecule has 0 heterocycles. The third-order valence-corrected chi connectivity index (χ3v) is 3.35. The first-order valence-electron chi connectivity index (χ1n) is 6.51. The van der Waals surface area contributed by atoms with E-state index in [2.05, 4.69) is 0 Å². The van der Waals surface area contributed by atoms with E-state index in [0.717, 1.165) is 11.1 Å². The van der Waals surface area contributed by atoms with E-state index in [-0.39, 0.29) is 12.2 Å². The van der Waals surface area contributed by atoms with E-state index >= 15 is 0 Å². The van der Waals surface area contributed by atoms with Gasteiger partial charge in [-0.2, -0.15) is 0 Å². The number of aliphatic hydroxyl groups is 1. The van der Waals surface area contributed by atoms with Crippen LogP contribution in [-0.4, -0.2) is 11.0 Å². The summed E-state index contributed by atoms with van der Waals surface area (Å²) in [6.45, 7) is 1.55. The first-order chi connectivity index (χ1) is 9.92. The Kier molecular flexibility index (Phi) is 4.35. The van der Waals surface area contributed by atoms with Crippen LogP contribution in [0.2, 0.25) is 0 Å². The van der Waals surface area contributed by atoms with Crippen LogP contribution >= 0.6 is 0 Å². The average molecular weight is 288 g/mol. The van der Waals surface area contributed by atoms with Crippen LogP contribution in [-0.2, 0) is 10.4 Å². The Hall–Kier alpha value is -2.24. The molecular weight excluding hydrogens is 271 g/mol. The number of halogens is 1. The number of amides is 1. The normalized spacial score (nSPS) is 13.5. The Labute approximate surface area is 122 Å². The maximum Gasteiger partial charge on any atom is 0.237 e. The van der Waals surface area contributed by atoms with Crippen molar-refractivity contribution < 1.29 is 14.3 Å². The Morgan fingerprint density at radius 3 is 2.10 bits per heavy atom. The van der Waals surface area contributed by atoms with Gasteiger partial charge in [0.25, 0.3) is 0 Å². The molecule has 1 unspecified atom stereocenters. The molecule has 2 rings (SSSR count). The summed E-state index contributed by atoms with van der Waals surface area (Å²) in [6.07, 6.45) is -0.126. The molecule has 21 heavy (non-hydrogen) atoms. The second-order valence-electron chi connectivity index (χ2n) is 5.10. The van der Waals surface area contributed by atoms with E-state index in [4.69, 9.17) is 5.84 Å². The zero-order chi connectivity index (χ0) is 15.5. The summed E-state index contributed by atoms with van der Waals surface area (Å²) in [5, 5.41) is 10.3. The fraction of sp³-hybridized carbons (Fsp3) is 0.188. The molecule has 0 bridgehead atoms. The van der Waals surface area contributed by atoms with Gasteiger partial charge in [-0.25, -0.2) is 10.2 Å². The van der Waals surface area contributed by atoms with Crippen molar-refractivity contribution in [2.24, 2.45) is 5.84 Å². The minimum atomic E-state index is -1.30. The molecule has 0 saturated heterocycles. The standard InChI is InChI=1S/C16H17FN2O2/c1-16(21,10-15(20)19-18)13-6-2-11(3-7-13)12-4-8-14(17)9-5-12/h2-9,21H,10,18H2,1H3,(H,19,20). The van der Waals surface area contributed by atoms with Gasteiger partial charge in [0.15, 0.2) is 0 Å². The Bertz CT molecular complexity index is 622. The van der Waals surface area contributed by atoms with Crippen LogP contribution in [0.5, 0.6) is 0 Å². The second kappa shape index (κ2) is 6.03. The number of rotatable bonds is 4. The highest BCUT2D eigenvalue weighted by Crippen LogP contribution is 2.27. The van der Waals surface area contributed by atoms with Crippen molar-refractivity contribution in [3.05, 3.63) is 59.9 Å². The van der Waals surface area contributed by atoms with Gasteiger partial charge < -0.3 is 5.11 Å². The summed E-state index contributed by atoms with van der Waals surface area (Å²) >= 11 is 0. The summed E-state index contributed by atoms with van der Waals surface area (Å²) in [5.41, 5.74) is 3.08. The summed E-state index contributed by atoms with van der Waals surface area (Å²) < 4.78 is 12.9. The smallest absolute Gasteiger partial charge is 0.237 e. The quantitative estimate of drug-likeness (QED) is 0.458. The van der Waals surface area contributed by atoms with Crippen LogP contribution in [0.15, 0.2) is 48.5 Å². The monoisotopic (exact) mass is 288 g/mol. The number of benzene rings is 2. The van der Waals surface area contributed by atoms with Gasteiger partial charge in [0, 0.05) is 0 Å². The molecule has 4 nitrogen and oxygen atoms in total. The second-order valence-corrected chi connectivity index (χ2v) is 5.10. The first-order valence-corrected chi connectivity index (χ1v) is 6.51. The minimum Gasteiger partial charge on any atom is -0.385 e. The molecule has 0 saturated carbocycles.